The van der Waals surface area contributed by atoms with Crippen molar-refractivity contribution in [3.8, 4) is 0 Å². The molecule has 0 saturated carbocycles. The molecule has 1 N–H and O–H groups in total. The highest BCUT2D eigenvalue weighted by molar-refractivity contribution is 5.94. The molecule has 2 heterocycles. The van der Waals surface area contributed by atoms with Gasteiger partial charge in [0, 0.05) is 26.3 Å². The van der Waals surface area contributed by atoms with E-state index >= 15 is 0 Å². The second kappa shape index (κ2) is 5.17. The molecule has 1 aromatic heterocycles. The van der Waals surface area contributed by atoms with Crippen molar-refractivity contribution in [3.63, 3.8) is 0 Å². The molecule has 17 heavy (non-hydrogen) atoms. The number of hydrogen-bond acceptors (Lipinski definition) is 3. The molecule has 4 heteroatoms. The molecule has 1 amide bonds. The number of pyridine rings is 1. The van der Waals surface area contributed by atoms with Gasteiger partial charge in [-0.25, -0.2) is 4.98 Å². The summed E-state index contributed by atoms with van der Waals surface area (Å²) in [6.07, 6.45) is 3.93. The quantitative estimate of drug-likeness (QED) is 0.868. The molecule has 0 radical (unpaired) electrons. The van der Waals surface area contributed by atoms with Crippen molar-refractivity contribution in [2.75, 3.05) is 25.5 Å². The van der Waals surface area contributed by atoms with E-state index in [2.05, 4.69) is 17.2 Å². The summed E-state index contributed by atoms with van der Waals surface area (Å²) < 4.78 is 0. The van der Waals surface area contributed by atoms with Gasteiger partial charge in [-0.05, 0) is 24.5 Å². The Balaban J connectivity index is 2.04. The van der Waals surface area contributed by atoms with Crippen LogP contribution in [0.2, 0.25) is 0 Å². The van der Waals surface area contributed by atoms with E-state index in [-0.39, 0.29) is 5.91 Å². The standard InChI is InChI=1S/C13H19N3O/c1-3-10-6-7-16(9-10)13(17)11-4-5-12(14-2)15-8-11/h4-5,8,10H,3,6-7,9H2,1-2H3,(H,14,15). The maximum Gasteiger partial charge on any atom is 0.255 e. The Kier molecular flexibility index (Phi) is 3.61. The lowest BCUT2D eigenvalue weighted by Crippen LogP contribution is -2.28. The summed E-state index contributed by atoms with van der Waals surface area (Å²) in [5, 5.41) is 2.94. The zero-order valence-corrected chi connectivity index (χ0v) is 10.4. The minimum absolute atomic E-state index is 0.108. The number of carbonyl (C=O) groups excluding carboxylic acids is 1. The third-order valence-corrected chi connectivity index (χ3v) is 3.42. The Morgan fingerprint density at radius 2 is 2.41 bits per heavy atom. The van der Waals surface area contributed by atoms with Crippen molar-refractivity contribution in [1.29, 1.82) is 0 Å². The fourth-order valence-corrected chi connectivity index (χ4v) is 2.20. The van der Waals surface area contributed by atoms with Crippen LogP contribution >= 0.6 is 0 Å². The van der Waals surface area contributed by atoms with E-state index in [0.717, 1.165) is 31.7 Å². The summed E-state index contributed by atoms with van der Waals surface area (Å²) in [6, 6.07) is 3.67. The molecule has 1 saturated heterocycles. The summed E-state index contributed by atoms with van der Waals surface area (Å²) in [4.78, 5) is 18.3. The number of nitrogens with zero attached hydrogens (tertiary/aromatic N) is 2. The highest BCUT2D eigenvalue weighted by Crippen LogP contribution is 2.21. The van der Waals surface area contributed by atoms with E-state index in [9.17, 15) is 4.79 Å². The monoisotopic (exact) mass is 233 g/mol. The fraction of sp³-hybridized carbons (Fsp3) is 0.538. The van der Waals surface area contributed by atoms with Crippen LogP contribution in [-0.4, -0.2) is 35.9 Å². The molecule has 1 unspecified atom stereocenters. The summed E-state index contributed by atoms with van der Waals surface area (Å²) in [5.74, 6) is 1.56. The van der Waals surface area contributed by atoms with Gasteiger partial charge in [-0.3, -0.25) is 4.79 Å². The van der Waals surface area contributed by atoms with E-state index in [1.54, 1.807) is 6.20 Å². The van der Waals surface area contributed by atoms with Gasteiger partial charge in [-0.2, -0.15) is 0 Å². The molecule has 1 aliphatic rings. The van der Waals surface area contributed by atoms with Crippen LogP contribution in [0, 0.1) is 5.92 Å². The second-order valence-electron chi connectivity index (χ2n) is 4.50. The van der Waals surface area contributed by atoms with E-state index in [1.807, 2.05) is 24.1 Å². The van der Waals surface area contributed by atoms with Crippen LogP contribution in [0.5, 0.6) is 0 Å². The maximum atomic E-state index is 12.2. The molecule has 92 valence electrons. The number of likely N-dealkylation sites (tertiary alicyclic amines) is 1. The summed E-state index contributed by atoms with van der Waals surface area (Å²) in [7, 11) is 1.82. The van der Waals surface area contributed by atoms with Crippen LogP contribution in [0.1, 0.15) is 30.1 Å². The Labute approximate surface area is 102 Å². The van der Waals surface area contributed by atoms with E-state index in [0.29, 0.717) is 11.5 Å². The molecular formula is C13H19N3O. The highest BCUT2D eigenvalue weighted by Gasteiger charge is 2.25. The zero-order chi connectivity index (χ0) is 12.3. The molecule has 1 fully saturated rings. The van der Waals surface area contributed by atoms with E-state index < -0.39 is 0 Å². The van der Waals surface area contributed by atoms with Crippen LogP contribution < -0.4 is 5.32 Å². The van der Waals surface area contributed by atoms with Crippen molar-refractivity contribution in [1.82, 2.24) is 9.88 Å². The number of rotatable bonds is 3. The predicted octanol–water partition coefficient (Wildman–Crippen LogP) is 2.00. The largest absolute Gasteiger partial charge is 0.373 e. The van der Waals surface area contributed by atoms with Crippen LogP contribution in [0.3, 0.4) is 0 Å². The Morgan fingerprint density at radius 3 is 2.94 bits per heavy atom. The number of anilines is 1. The number of amides is 1. The first kappa shape index (κ1) is 11.9. The minimum atomic E-state index is 0.108. The minimum Gasteiger partial charge on any atom is -0.373 e. The molecule has 2 rings (SSSR count). The third-order valence-electron chi connectivity index (χ3n) is 3.42. The average molecular weight is 233 g/mol. The lowest BCUT2D eigenvalue weighted by molar-refractivity contribution is 0.0786. The molecular weight excluding hydrogens is 214 g/mol. The maximum absolute atomic E-state index is 12.2. The van der Waals surface area contributed by atoms with Gasteiger partial charge in [0.1, 0.15) is 5.82 Å². The van der Waals surface area contributed by atoms with Gasteiger partial charge in [0.2, 0.25) is 0 Å². The molecule has 1 aromatic rings. The van der Waals surface area contributed by atoms with E-state index in [4.69, 9.17) is 0 Å². The molecule has 1 atom stereocenters. The van der Waals surface area contributed by atoms with Gasteiger partial charge in [0.05, 0.1) is 5.56 Å². The molecule has 0 spiro atoms. The van der Waals surface area contributed by atoms with Crippen molar-refractivity contribution < 1.29 is 4.79 Å². The summed E-state index contributed by atoms with van der Waals surface area (Å²) in [6.45, 7) is 3.95. The summed E-state index contributed by atoms with van der Waals surface area (Å²) >= 11 is 0. The first-order valence-corrected chi connectivity index (χ1v) is 6.17. The number of carbonyl (C=O) groups is 1. The Hall–Kier alpha value is -1.58. The van der Waals surface area contributed by atoms with Gasteiger partial charge < -0.3 is 10.2 Å². The van der Waals surface area contributed by atoms with Gasteiger partial charge in [0.15, 0.2) is 0 Å². The van der Waals surface area contributed by atoms with Gasteiger partial charge in [0.25, 0.3) is 5.91 Å². The van der Waals surface area contributed by atoms with Crippen LogP contribution in [-0.2, 0) is 0 Å². The normalized spacial score (nSPS) is 19.4. The first-order valence-electron chi connectivity index (χ1n) is 6.17. The molecule has 0 bridgehead atoms. The van der Waals surface area contributed by atoms with Gasteiger partial charge >= 0.3 is 0 Å². The SMILES string of the molecule is CCC1CCN(C(=O)c2ccc(NC)nc2)C1. The fourth-order valence-electron chi connectivity index (χ4n) is 2.20. The second-order valence-corrected chi connectivity index (χ2v) is 4.50. The van der Waals surface area contributed by atoms with Crippen molar-refractivity contribution in [2.45, 2.75) is 19.8 Å². The molecule has 0 aromatic carbocycles. The molecule has 4 nitrogen and oxygen atoms in total. The average Bonchev–Trinajstić information content (AvgIpc) is 2.87. The Bertz CT molecular complexity index is 388. The lowest BCUT2D eigenvalue weighted by atomic mass is 10.1. The highest BCUT2D eigenvalue weighted by atomic mass is 16.2. The number of nitrogens with one attached hydrogen (secondary N) is 1. The van der Waals surface area contributed by atoms with Gasteiger partial charge in [-0.15, -0.1) is 0 Å². The van der Waals surface area contributed by atoms with Crippen LogP contribution in [0.4, 0.5) is 5.82 Å². The first-order chi connectivity index (χ1) is 8.24. The summed E-state index contributed by atoms with van der Waals surface area (Å²) in [5.41, 5.74) is 0.681. The topological polar surface area (TPSA) is 45.2 Å². The van der Waals surface area contributed by atoms with Crippen molar-refractivity contribution >= 4 is 11.7 Å². The van der Waals surface area contributed by atoms with Gasteiger partial charge in [-0.1, -0.05) is 13.3 Å². The van der Waals surface area contributed by atoms with Crippen LogP contribution in [0.15, 0.2) is 18.3 Å². The van der Waals surface area contributed by atoms with Crippen molar-refractivity contribution in [2.24, 2.45) is 5.92 Å². The lowest BCUT2D eigenvalue weighted by Gasteiger charge is -2.16. The predicted molar refractivity (Wildman–Crippen MR) is 68.1 cm³/mol. The smallest absolute Gasteiger partial charge is 0.255 e. The Morgan fingerprint density at radius 1 is 1.59 bits per heavy atom. The third kappa shape index (κ3) is 2.57. The zero-order valence-electron chi connectivity index (χ0n) is 10.4. The number of hydrogen-bond donors (Lipinski definition) is 1. The number of aromatic nitrogens is 1. The molecule has 1 aliphatic heterocycles. The van der Waals surface area contributed by atoms with Crippen LogP contribution in [0.25, 0.3) is 0 Å². The van der Waals surface area contributed by atoms with Crippen molar-refractivity contribution in [3.05, 3.63) is 23.9 Å². The van der Waals surface area contributed by atoms with E-state index in [1.165, 1.54) is 0 Å². The molecule has 0 aliphatic carbocycles.